The Labute approximate surface area is 96.1 Å². The molecule has 1 saturated carbocycles. The number of amides is 1. The fourth-order valence-electron chi connectivity index (χ4n) is 1.82. The smallest absolute Gasteiger partial charge is 0.231 e. The first-order chi connectivity index (χ1) is 7.29. The quantitative estimate of drug-likeness (QED) is 0.289. The van der Waals surface area contributed by atoms with E-state index in [0.717, 1.165) is 6.42 Å². The minimum atomic E-state index is -0.554. The minimum Gasteiger partial charge on any atom is -0.409 e. The van der Waals surface area contributed by atoms with Gasteiger partial charge in [0, 0.05) is 6.04 Å². The highest BCUT2D eigenvalue weighted by atomic mass is 16.4. The molecule has 0 spiro atoms. The predicted octanol–water partition coefficient (Wildman–Crippen LogP) is 0.920. The van der Waals surface area contributed by atoms with Crippen LogP contribution >= 0.6 is 0 Å². The summed E-state index contributed by atoms with van der Waals surface area (Å²) in [4.78, 5) is 11.9. The van der Waals surface area contributed by atoms with Gasteiger partial charge >= 0.3 is 0 Å². The Balaban J connectivity index is 2.63. The molecule has 0 saturated heterocycles. The molecular weight excluding hydrogens is 206 g/mol. The van der Waals surface area contributed by atoms with E-state index in [9.17, 15) is 4.79 Å². The first-order valence-corrected chi connectivity index (χ1v) is 5.57. The van der Waals surface area contributed by atoms with E-state index in [1.54, 1.807) is 0 Å². The molecule has 16 heavy (non-hydrogen) atoms. The number of hydrogen-bond acceptors (Lipinski definition) is 3. The van der Waals surface area contributed by atoms with Crippen molar-refractivity contribution < 1.29 is 10.0 Å². The highest BCUT2D eigenvalue weighted by molar-refractivity contribution is 6.02. The molecule has 2 unspecified atom stereocenters. The van der Waals surface area contributed by atoms with E-state index >= 15 is 0 Å². The molecule has 1 aliphatic rings. The van der Waals surface area contributed by atoms with E-state index in [0.29, 0.717) is 0 Å². The number of nitrogens with zero attached hydrogens (tertiary/aromatic N) is 1. The molecule has 4 N–H and O–H groups in total. The highest BCUT2D eigenvalue weighted by Gasteiger charge is 2.47. The van der Waals surface area contributed by atoms with Crippen LogP contribution in [0.5, 0.6) is 0 Å². The molecule has 92 valence electrons. The van der Waals surface area contributed by atoms with Gasteiger partial charge in [0.1, 0.15) is 5.92 Å². The van der Waals surface area contributed by atoms with Gasteiger partial charge in [-0.1, -0.05) is 32.9 Å². The maximum absolute atomic E-state index is 11.9. The molecule has 1 rings (SSSR count). The third-order valence-corrected chi connectivity index (χ3v) is 3.21. The number of carbonyl (C=O) groups is 1. The predicted molar refractivity (Wildman–Crippen MR) is 62.1 cm³/mol. The standard InChI is InChI=1S/C11H21N3O2/c1-6(2)8(9(12)14-16)10(15)13-7-5-11(7,3)4/h6-8,16H,5H2,1-4H3,(H2,12,14)(H,13,15). The monoisotopic (exact) mass is 227 g/mol. The van der Waals surface area contributed by atoms with Crippen LogP contribution in [0.2, 0.25) is 0 Å². The average Bonchev–Trinajstić information content (AvgIpc) is 2.72. The molecule has 1 fully saturated rings. The van der Waals surface area contributed by atoms with Gasteiger partial charge in [0.15, 0.2) is 5.84 Å². The Morgan fingerprint density at radius 1 is 1.56 bits per heavy atom. The highest BCUT2D eigenvalue weighted by Crippen LogP contribution is 2.44. The number of nitrogens with two attached hydrogens (primary N) is 1. The Kier molecular flexibility index (Phi) is 3.45. The van der Waals surface area contributed by atoms with Crippen molar-refractivity contribution in [2.75, 3.05) is 0 Å². The fraction of sp³-hybridized carbons (Fsp3) is 0.818. The van der Waals surface area contributed by atoms with Crippen molar-refractivity contribution in [2.24, 2.45) is 28.1 Å². The maximum Gasteiger partial charge on any atom is 0.231 e. The lowest BCUT2D eigenvalue weighted by Gasteiger charge is -2.19. The number of nitrogens with one attached hydrogen (secondary N) is 1. The van der Waals surface area contributed by atoms with Crippen molar-refractivity contribution in [3.63, 3.8) is 0 Å². The number of hydrogen-bond donors (Lipinski definition) is 3. The van der Waals surface area contributed by atoms with Crippen LogP contribution in [0.25, 0.3) is 0 Å². The summed E-state index contributed by atoms with van der Waals surface area (Å²) < 4.78 is 0. The second-order valence-corrected chi connectivity index (χ2v) is 5.50. The van der Waals surface area contributed by atoms with Crippen LogP contribution in [0.15, 0.2) is 5.16 Å². The molecule has 5 heteroatoms. The van der Waals surface area contributed by atoms with E-state index in [1.807, 2.05) is 13.8 Å². The Morgan fingerprint density at radius 2 is 2.06 bits per heavy atom. The van der Waals surface area contributed by atoms with Gasteiger partial charge in [-0.05, 0) is 17.8 Å². The van der Waals surface area contributed by atoms with Crippen LogP contribution in [0.3, 0.4) is 0 Å². The van der Waals surface area contributed by atoms with E-state index in [1.165, 1.54) is 0 Å². The van der Waals surface area contributed by atoms with Crippen LogP contribution in [0.4, 0.5) is 0 Å². The molecule has 1 aliphatic carbocycles. The lowest BCUT2D eigenvalue weighted by Crippen LogP contribution is -2.43. The van der Waals surface area contributed by atoms with Crippen LogP contribution in [-0.4, -0.2) is 23.0 Å². The van der Waals surface area contributed by atoms with E-state index in [-0.39, 0.29) is 29.1 Å². The number of amidine groups is 1. The van der Waals surface area contributed by atoms with E-state index in [4.69, 9.17) is 10.9 Å². The van der Waals surface area contributed by atoms with Crippen molar-refractivity contribution in [2.45, 2.75) is 40.2 Å². The molecule has 5 nitrogen and oxygen atoms in total. The van der Waals surface area contributed by atoms with E-state index < -0.39 is 5.92 Å². The Hall–Kier alpha value is -1.26. The van der Waals surface area contributed by atoms with Crippen molar-refractivity contribution in [3.05, 3.63) is 0 Å². The summed E-state index contributed by atoms with van der Waals surface area (Å²) in [6.45, 7) is 7.96. The number of rotatable bonds is 4. The van der Waals surface area contributed by atoms with Crippen LogP contribution < -0.4 is 11.1 Å². The lowest BCUT2D eigenvalue weighted by atomic mass is 9.93. The summed E-state index contributed by atoms with van der Waals surface area (Å²) >= 11 is 0. The molecule has 0 bridgehead atoms. The van der Waals surface area contributed by atoms with Gasteiger partial charge in [-0.15, -0.1) is 0 Å². The summed E-state index contributed by atoms with van der Waals surface area (Å²) in [5.41, 5.74) is 5.70. The Bertz CT molecular complexity index is 310. The SMILES string of the molecule is CC(C)C(C(=O)NC1CC1(C)C)C(N)=NO. The molecular formula is C11H21N3O2. The summed E-state index contributed by atoms with van der Waals surface area (Å²) in [5, 5.41) is 14.5. The minimum absolute atomic E-state index is 0.0118. The van der Waals surface area contributed by atoms with Gasteiger partial charge in [-0.25, -0.2) is 0 Å². The first-order valence-electron chi connectivity index (χ1n) is 5.57. The molecule has 0 radical (unpaired) electrons. The normalized spacial score (nSPS) is 25.3. The van der Waals surface area contributed by atoms with Gasteiger partial charge in [0.25, 0.3) is 0 Å². The van der Waals surface area contributed by atoms with Crippen LogP contribution in [0, 0.1) is 17.3 Å². The molecule has 0 aromatic carbocycles. The largest absolute Gasteiger partial charge is 0.409 e. The maximum atomic E-state index is 11.9. The zero-order chi connectivity index (χ0) is 12.5. The molecule has 0 aromatic heterocycles. The van der Waals surface area contributed by atoms with Gasteiger partial charge in [-0.3, -0.25) is 4.79 Å². The second-order valence-electron chi connectivity index (χ2n) is 5.50. The Morgan fingerprint density at radius 3 is 2.38 bits per heavy atom. The zero-order valence-electron chi connectivity index (χ0n) is 10.3. The number of carbonyl (C=O) groups excluding carboxylic acids is 1. The van der Waals surface area contributed by atoms with Crippen molar-refractivity contribution in [3.8, 4) is 0 Å². The van der Waals surface area contributed by atoms with Gasteiger partial charge in [0.2, 0.25) is 5.91 Å². The summed E-state index contributed by atoms with van der Waals surface area (Å²) in [7, 11) is 0. The zero-order valence-corrected chi connectivity index (χ0v) is 10.3. The average molecular weight is 227 g/mol. The van der Waals surface area contributed by atoms with Crippen LogP contribution in [-0.2, 0) is 4.79 Å². The van der Waals surface area contributed by atoms with Crippen molar-refractivity contribution >= 4 is 11.7 Å². The molecule has 0 aromatic rings. The molecule has 2 atom stereocenters. The summed E-state index contributed by atoms with van der Waals surface area (Å²) in [5.74, 6) is -0.717. The summed E-state index contributed by atoms with van der Waals surface area (Å²) in [6.07, 6.45) is 0.986. The van der Waals surface area contributed by atoms with Crippen molar-refractivity contribution in [1.29, 1.82) is 0 Å². The lowest BCUT2D eigenvalue weighted by molar-refractivity contribution is -0.124. The topological polar surface area (TPSA) is 87.7 Å². The van der Waals surface area contributed by atoms with E-state index in [2.05, 4.69) is 24.3 Å². The van der Waals surface area contributed by atoms with Gasteiger partial charge in [-0.2, -0.15) is 0 Å². The third kappa shape index (κ3) is 2.65. The van der Waals surface area contributed by atoms with Gasteiger partial charge < -0.3 is 16.3 Å². The first kappa shape index (κ1) is 12.8. The van der Waals surface area contributed by atoms with Gasteiger partial charge in [0.05, 0.1) is 0 Å². The molecule has 1 amide bonds. The van der Waals surface area contributed by atoms with Crippen molar-refractivity contribution in [1.82, 2.24) is 5.32 Å². The number of oxime groups is 1. The third-order valence-electron chi connectivity index (χ3n) is 3.21. The van der Waals surface area contributed by atoms with Crippen LogP contribution in [0.1, 0.15) is 34.1 Å². The molecule has 0 aliphatic heterocycles. The second kappa shape index (κ2) is 4.31. The molecule has 0 heterocycles. The summed E-state index contributed by atoms with van der Waals surface area (Å²) in [6, 6.07) is 0.216. The fourth-order valence-corrected chi connectivity index (χ4v) is 1.82.